The molecule has 4 nitrogen and oxygen atoms in total. The molecule has 0 atom stereocenters. The largest absolute Gasteiger partial charge is 0.493 e. The topological polar surface area (TPSA) is 44.1 Å². The van der Waals surface area contributed by atoms with E-state index in [4.69, 9.17) is 4.74 Å². The van der Waals surface area contributed by atoms with Gasteiger partial charge in [-0.1, -0.05) is 0 Å². The van der Waals surface area contributed by atoms with E-state index >= 15 is 0 Å². The third-order valence-electron chi connectivity index (χ3n) is 2.52. The molecular formula is C12H13IN2O2S. The van der Waals surface area contributed by atoms with Gasteiger partial charge in [0.1, 0.15) is 0 Å². The normalized spacial score (nSPS) is 10.9. The number of aromatic nitrogens is 2. The lowest BCUT2D eigenvalue weighted by Crippen LogP contribution is -2.13. The third-order valence-corrected chi connectivity index (χ3v) is 4.30. The molecule has 96 valence electrons. The molecular weight excluding hydrogens is 363 g/mol. The van der Waals surface area contributed by atoms with Crippen molar-refractivity contribution in [3.63, 3.8) is 0 Å². The van der Waals surface area contributed by atoms with Crippen molar-refractivity contribution in [3.8, 4) is 5.75 Å². The van der Waals surface area contributed by atoms with Crippen LogP contribution >= 0.6 is 33.9 Å². The molecule has 0 saturated carbocycles. The second-order valence-corrected chi connectivity index (χ2v) is 6.87. The Morgan fingerprint density at radius 1 is 1.56 bits per heavy atom. The highest BCUT2D eigenvalue weighted by molar-refractivity contribution is 14.1. The molecule has 0 aliphatic rings. The van der Waals surface area contributed by atoms with Crippen LogP contribution in [0.2, 0.25) is 0 Å². The van der Waals surface area contributed by atoms with Crippen molar-refractivity contribution in [1.29, 1.82) is 0 Å². The molecule has 2 aromatic heterocycles. The number of ether oxygens (including phenoxy) is 1. The first-order valence-electron chi connectivity index (χ1n) is 5.44. The molecule has 0 fully saturated rings. The molecule has 0 spiro atoms. The van der Waals surface area contributed by atoms with Crippen LogP contribution in [-0.4, -0.2) is 22.7 Å². The first-order chi connectivity index (χ1) is 8.54. The Balaban J connectivity index is 2.49. The van der Waals surface area contributed by atoms with Crippen LogP contribution in [0.15, 0.2) is 17.6 Å². The second-order valence-electron chi connectivity index (χ2n) is 4.07. The molecule has 0 amide bonds. The zero-order chi connectivity index (χ0) is 13.3. The zero-order valence-corrected chi connectivity index (χ0v) is 13.3. The van der Waals surface area contributed by atoms with Gasteiger partial charge in [-0.05, 0) is 42.5 Å². The number of halogens is 1. The predicted octanol–water partition coefficient (Wildman–Crippen LogP) is 3.37. The lowest BCUT2D eigenvalue weighted by atomic mass is 10.1. The average molecular weight is 376 g/mol. The molecule has 0 saturated heterocycles. The van der Waals surface area contributed by atoms with Gasteiger partial charge in [0.15, 0.2) is 11.4 Å². The maximum atomic E-state index is 12.5. The van der Waals surface area contributed by atoms with E-state index < -0.39 is 0 Å². The molecule has 18 heavy (non-hydrogen) atoms. The van der Waals surface area contributed by atoms with Gasteiger partial charge in [-0.2, -0.15) is 5.10 Å². The first kappa shape index (κ1) is 13.5. The molecule has 2 aromatic rings. The Morgan fingerprint density at radius 3 is 2.78 bits per heavy atom. The maximum absolute atomic E-state index is 12.5. The second kappa shape index (κ2) is 5.40. The highest BCUT2D eigenvalue weighted by Gasteiger charge is 2.23. The van der Waals surface area contributed by atoms with Crippen LogP contribution in [0, 0.1) is 2.88 Å². The number of carbonyl (C=O) groups is 1. The van der Waals surface area contributed by atoms with Crippen molar-refractivity contribution < 1.29 is 9.53 Å². The van der Waals surface area contributed by atoms with E-state index in [0.29, 0.717) is 17.0 Å². The van der Waals surface area contributed by atoms with Crippen LogP contribution in [-0.2, 0) is 0 Å². The number of carbonyl (C=O) groups excluding carboxylic acids is 1. The van der Waals surface area contributed by atoms with E-state index in [1.165, 1.54) is 0 Å². The highest BCUT2D eigenvalue weighted by atomic mass is 127. The summed E-state index contributed by atoms with van der Waals surface area (Å²) in [5, 5.41) is 6.07. The zero-order valence-electron chi connectivity index (χ0n) is 10.3. The fourth-order valence-corrected chi connectivity index (χ4v) is 3.00. The molecule has 2 heterocycles. The summed E-state index contributed by atoms with van der Waals surface area (Å²) in [6, 6.07) is 2.00. The molecule has 6 heteroatoms. The number of hydrogen-bond acceptors (Lipinski definition) is 4. The Bertz CT molecular complexity index is 574. The van der Waals surface area contributed by atoms with E-state index in [1.54, 1.807) is 29.3 Å². The quantitative estimate of drug-likeness (QED) is 0.607. The maximum Gasteiger partial charge on any atom is 0.215 e. The van der Waals surface area contributed by atoms with Crippen molar-refractivity contribution in [3.05, 3.63) is 31.8 Å². The van der Waals surface area contributed by atoms with Gasteiger partial charge < -0.3 is 4.74 Å². The molecule has 0 bridgehead atoms. The SMILES string of the molecule is COc1cnn(C(C)C)c1C(=O)c1csc(I)c1. The number of nitrogens with zero attached hydrogens (tertiary/aromatic N) is 2. The summed E-state index contributed by atoms with van der Waals surface area (Å²) < 4.78 is 8.01. The van der Waals surface area contributed by atoms with Crippen LogP contribution < -0.4 is 4.74 Å². The van der Waals surface area contributed by atoms with Crippen LogP contribution in [0.1, 0.15) is 35.9 Å². The van der Waals surface area contributed by atoms with E-state index in [2.05, 4.69) is 27.7 Å². The lowest BCUT2D eigenvalue weighted by Gasteiger charge is -2.10. The van der Waals surface area contributed by atoms with Crippen LogP contribution in [0.3, 0.4) is 0 Å². The summed E-state index contributed by atoms with van der Waals surface area (Å²) in [6.45, 7) is 3.97. The minimum Gasteiger partial charge on any atom is -0.493 e. The molecule has 0 N–H and O–H groups in total. The van der Waals surface area contributed by atoms with Gasteiger partial charge in [0.05, 0.1) is 16.2 Å². The van der Waals surface area contributed by atoms with Crippen molar-refractivity contribution in [1.82, 2.24) is 9.78 Å². The summed E-state index contributed by atoms with van der Waals surface area (Å²) in [5.41, 5.74) is 1.20. The fraction of sp³-hybridized carbons (Fsp3) is 0.333. The van der Waals surface area contributed by atoms with Gasteiger partial charge in [0, 0.05) is 17.0 Å². The van der Waals surface area contributed by atoms with Crippen LogP contribution in [0.5, 0.6) is 5.75 Å². The number of rotatable bonds is 4. The molecule has 0 radical (unpaired) electrons. The Morgan fingerprint density at radius 2 is 2.28 bits per heavy atom. The predicted molar refractivity (Wildman–Crippen MR) is 79.6 cm³/mol. The first-order valence-corrected chi connectivity index (χ1v) is 7.40. The summed E-state index contributed by atoms with van der Waals surface area (Å²) in [4.78, 5) is 12.5. The number of methoxy groups -OCH3 is 1. The van der Waals surface area contributed by atoms with Gasteiger partial charge in [-0.3, -0.25) is 9.48 Å². The van der Waals surface area contributed by atoms with Gasteiger partial charge in [0.25, 0.3) is 0 Å². The Hall–Kier alpha value is -0.890. The number of ketones is 1. The minimum absolute atomic E-state index is 0.0442. The van der Waals surface area contributed by atoms with Gasteiger partial charge in [-0.25, -0.2) is 0 Å². The van der Waals surface area contributed by atoms with Crippen molar-refractivity contribution >= 4 is 39.7 Å². The van der Waals surface area contributed by atoms with Crippen LogP contribution in [0.4, 0.5) is 0 Å². The Kier molecular flexibility index (Phi) is 4.06. The molecule has 0 aliphatic heterocycles. The van der Waals surface area contributed by atoms with E-state index in [9.17, 15) is 4.79 Å². The summed E-state index contributed by atoms with van der Waals surface area (Å²) in [5.74, 6) is 0.479. The van der Waals surface area contributed by atoms with E-state index in [-0.39, 0.29) is 11.8 Å². The van der Waals surface area contributed by atoms with Gasteiger partial charge >= 0.3 is 0 Å². The van der Waals surface area contributed by atoms with E-state index in [0.717, 1.165) is 2.88 Å². The molecule has 2 rings (SSSR count). The summed E-state index contributed by atoms with van der Waals surface area (Å²) >= 11 is 3.76. The highest BCUT2D eigenvalue weighted by Crippen LogP contribution is 2.26. The lowest BCUT2D eigenvalue weighted by molar-refractivity contribution is 0.102. The summed E-state index contributed by atoms with van der Waals surface area (Å²) in [7, 11) is 1.55. The standard InChI is InChI=1S/C12H13IN2O2S/c1-7(2)15-11(9(17-3)5-14-15)12(16)8-4-10(13)18-6-8/h4-7H,1-3H3. The summed E-state index contributed by atoms with van der Waals surface area (Å²) in [6.07, 6.45) is 1.59. The van der Waals surface area contributed by atoms with Crippen LogP contribution in [0.25, 0.3) is 0 Å². The smallest absolute Gasteiger partial charge is 0.215 e. The van der Waals surface area contributed by atoms with Gasteiger partial charge in [0.2, 0.25) is 5.78 Å². The van der Waals surface area contributed by atoms with Gasteiger partial charge in [-0.15, -0.1) is 11.3 Å². The van der Waals surface area contributed by atoms with Crippen molar-refractivity contribution in [2.75, 3.05) is 7.11 Å². The third kappa shape index (κ3) is 2.44. The van der Waals surface area contributed by atoms with E-state index in [1.807, 2.05) is 25.3 Å². The molecule has 0 aromatic carbocycles. The monoisotopic (exact) mass is 376 g/mol. The average Bonchev–Trinajstić information content (AvgIpc) is 2.93. The fourth-order valence-electron chi connectivity index (χ4n) is 1.67. The van der Waals surface area contributed by atoms with Crippen molar-refractivity contribution in [2.24, 2.45) is 0 Å². The Labute approximate surface area is 123 Å². The molecule has 0 unspecified atom stereocenters. The number of hydrogen-bond donors (Lipinski definition) is 0. The molecule has 0 aliphatic carbocycles. The van der Waals surface area contributed by atoms with Crippen molar-refractivity contribution in [2.45, 2.75) is 19.9 Å². The number of thiophene rings is 1. The minimum atomic E-state index is -0.0442.